The van der Waals surface area contributed by atoms with Gasteiger partial charge in [0.1, 0.15) is 6.04 Å². The van der Waals surface area contributed by atoms with Crippen LogP contribution in [0.2, 0.25) is 0 Å². The molecule has 1 aromatic carbocycles. The van der Waals surface area contributed by atoms with Gasteiger partial charge in [-0.2, -0.15) is 11.8 Å². The fourth-order valence-corrected chi connectivity index (χ4v) is 3.37. The van der Waals surface area contributed by atoms with E-state index in [1.165, 1.54) is 11.8 Å². The molecule has 10 heteroatoms. The average molecular weight is 470 g/mol. The van der Waals surface area contributed by atoms with Crippen LogP contribution in [0.15, 0.2) is 30.3 Å². The van der Waals surface area contributed by atoms with E-state index >= 15 is 0 Å². The van der Waals surface area contributed by atoms with Crippen LogP contribution >= 0.6 is 11.8 Å². The van der Waals surface area contributed by atoms with E-state index < -0.39 is 41.9 Å². The number of rotatable bonds is 11. The first-order chi connectivity index (χ1) is 14.9. The highest BCUT2D eigenvalue weighted by Gasteiger charge is 2.39. The zero-order chi connectivity index (χ0) is 24.8. The molecule has 32 heavy (non-hydrogen) atoms. The van der Waals surface area contributed by atoms with Gasteiger partial charge in [-0.05, 0) is 36.3 Å². The van der Waals surface area contributed by atoms with Crippen LogP contribution < -0.4 is 11.5 Å². The Kier molecular flexibility index (Phi) is 14.2. The van der Waals surface area contributed by atoms with Crippen molar-refractivity contribution in [1.82, 2.24) is 4.90 Å². The fraction of sp³-hybridized carbons (Fsp3) is 0.545. The van der Waals surface area contributed by atoms with Gasteiger partial charge in [0, 0.05) is 13.3 Å². The van der Waals surface area contributed by atoms with Gasteiger partial charge in [0.15, 0.2) is 0 Å². The summed E-state index contributed by atoms with van der Waals surface area (Å²) in [5.74, 6) is -2.73. The summed E-state index contributed by atoms with van der Waals surface area (Å²) in [5.41, 5.74) is 12.7. The van der Waals surface area contributed by atoms with Crippen molar-refractivity contribution in [3.63, 3.8) is 0 Å². The summed E-state index contributed by atoms with van der Waals surface area (Å²) in [5, 5.41) is 17.2. The summed E-state index contributed by atoms with van der Waals surface area (Å²) in [7, 11) is 0. The molecule has 2 amide bonds. The van der Waals surface area contributed by atoms with Crippen LogP contribution in [0, 0.1) is 5.92 Å². The van der Waals surface area contributed by atoms with E-state index in [2.05, 4.69) is 0 Å². The average Bonchev–Trinajstić information content (AvgIpc) is 2.70. The van der Waals surface area contributed by atoms with Gasteiger partial charge in [-0.3, -0.25) is 19.3 Å². The normalized spacial score (nSPS) is 13.3. The Labute approximate surface area is 193 Å². The third kappa shape index (κ3) is 11.3. The minimum Gasteiger partial charge on any atom is -0.481 e. The van der Waals surface area contributed by atoms with Crippen LogP contribution in [0.3, 0.4) is 0 Å². The van der Waals surface area contributed by atoms with Crippen molar-refractivity contribution in [3.8, 4) is 0 Å². The number of imide groups is 1. The number of carbonyl (C=O) groups is 4. The smallest absolute Gasteiger partial charge is 0.327 e. The number of carboxylic acid groups (broad SMARTS) is 2. The number of amides is 2. The molecule has 3 unspecified atom stereocenters. The van der Waals surface area contributed by atoms with E-state index in [-0.39, 0.29) is 12.3 Å². The lowest BCUT2D eigenvalue weighted by Gasteiger charge is -2.32. The number of carboxylic acids is 2. The fourth-order valence-electron chi connectivity index (χ4n) is 2.88. The first-order valence-electron chi connectivity index (χ1n) is 10.3. The van der Waals surface area contributed by atoms with Gasteiger partial charge in [0.05, 0.1) is 12.1 Å². The molecule has 0 aromatic heterocycles. The van der Waals surface area contributed by atoms with E-state index in [1.54, 1.807) is 24.3 Å². The number of nitrogens with two attached hydrogens (primary N) is 2. The third-order valence-corrected chi connectivity index (χ3v) is 4.98. The number of aliphatic carboxylic acids is 2. The van der Waals surface area contributed by atoms with Crippen molar-refractivity contribution < 1.29 is 29.4 Å². The Bertz CT molecular complexity index is 740. The van der Waals surface area contributed by atoms with Crippen LogP contribution in [0.4, 0.5) is 0 Å². The number of nitrogens with zero attached hydrogens (tertiary/aromatic N) is 1. The maximum atomic E-state index is 13.0. The largest absolute Gasteiger partial charge is 0.481 e. The summed E-state index contributed by atoms with van der Waals surface area (Å²) >= 11 is 1.52. The summed E-state index contributed by atoms with van der Waals surface area (Å²) in [6.07, 6.45) is 2.58. The highest BCUT2D eigenvalue weighted by molar-refractivity contribution is 7.98. The molecule has 0 saturated carbocycles. The molecule has 0 bridgehead atoms. The monoisotopic (exact) mass is 469 g/mol. The SMILES string of the molecule is CC(=O)O.CSCCC(N)C(=O)N(C(=O)C(N)CC(C)C)C(Cc1ccccc1)C(=O)O. The summed E-state index contributed by atoms with van der Waals surface area (Å²) < 4.78 is 0. The van der Waals surface area contributed by atoms with Gasteiger partial charge < -0.3 is 21.7 Å². The van der Waals surface area contributed by atoms with Gasteiger partial charge >= 0.3 is 5.97 Å². The molecule has 0 radical (unpaired) electrons. The highest BCUT2D eigenvalue weighted by atomic mass is 32.2. The molecule has 0 spiro atoms. The molecule has 9 nitrogen and oxygen atoms in total. The van der Waals surface area contributed by atoms with E-state index in [0.717, 1.165) is 11.8 Å². The predicted octanol–water partition coefficient (Wildman–Crippen LogP) is 1.58. The third-order valence-electron chi connectivity index (χ3n) is 4.34. The maximum Gasteiger partial charge on any atom is 0.327 e. The first kappa shape index (κ1) is 29.6. The summed E-state index contributed by atoms with van der Waals surface area (Å²) in [6, 6.07) is 5.59. The molecule has 0 fully saturated rings. The van der Waals surface area contributed by atoms with Gasteiger partial charge in [-0.1, -0.05) is 44.2 Å². The zero-order valence-corrected chi connectivity index (χ0v) is 19.9. The van der Waals surface area contributed by atoms with Gasteiger partial charge in [-0.25, -0.2) is 4.79 Å². The Balaban J connectivity index is 0.00000220. The molecule has 1 aromatic rings. The van der Waals surface area contributed by atoms with E-state index in [1.807, 2.05) is 26.2 Å². The molecular formula is C22H35N3O6S. The van der Waals surface area contributed by atoms with E-state index in [9.17, 15) is 19.5 Å². The van der Waals surface area contributed by atoms with Crippen LogP contribution in [0.5, 0.6) is 0 Å². The lowest BCUT2D eigenvalue weighted by atomic mass is 9.99. The molecule has 0 heterocycles. The first-order valence-corrected chi connectivity index (χ1v) is 11.6. The van der Waals surface area contributed by atoms with Gasteiger partial charge in [0.25, 0.3) is 5.97 Å². The van der Waals surface area contributed by atoms with Gasteiger partial charge in [0.2, 0.25) is 11.8 Å². The van der Waals surface area contributed by atoms with Crippen molar-refractivity contribution in [2.45, 2.75) is 58.2 Å². The second-order valence-electron chi connectivity index (χ2n) is 7.73. The Morgan fingerprint density at radius 3 is 1.94 bits per heavy atom. The second kappa shape index (κ2) is 15.4. The van der Waals surface area contributed by atoms with Crippen LogP contribution in [-0.4, -0.2) is 69.0 Å². The molecule has 180 valence electrons. The number of thioether (sulfide) groups is 1. The van der Waals surface area contributed by atoms with Crippen LogP contribution in [0.25, 0.3) is 0 Å². The minimum atomic E-state index is -1.36. The number of carbonyl (C=O) groups excluding carboxylic acids is 2. The minimum absolute atomic E-state index is 0.00268. The van der Waals surface area contributed by atoms with E-state index in [4.69, 9.17) is 21.4 Å². The second-order valence-corrected chi connectivity index (χ2v) is 8.72. The van der Waals surface area contributed by atoms with Crippen molar-refractivity contribution in [2.75, 3.05) is 12.0 Å². The number of hydrogen-bond donors (Lipinski definition) is 4. The molecule has 1 rings (SSSR count). The summed E-state index contributed by atoms with van der Waals surface area (Å²) in [4.78, 5) is 47.7. The van der Waals surface area contributed by atoms with Crippen molar-refractivity contribution in [1.29, 1.82) is 0 Å². The highest BCUT2D eigenvalue weighted by Crippen LogP contribution is 2.16. The standard InChI is InChI=1S/C20H31N3O4S.C2H4O2/c1-13(2)11-16(22)19(25)23(18(24)15(21)9-10-28-3)17(20(26)27)12-14-7-5-4-6-8-14;1-2(3)4/h4-8,13,15-17H,9-12,21-22H2,1-3H3,(H,26,27);1H3,(H,3,4). The van der Waals surface area contributed by atoms with Crippen molar-refractivity contribution in [3.05, 3.63) is 35.9 Å². The lowest BCUT2D eigenvalue weighted by Crippen LogP contribution is -2.59. The van der Waals surface area contributed by atoms with Crippen molar-refractivity contribution in [2.24, 2.45) is 17.4 Å². The molecule has 0 aliphatic carbocycles. The van der Waals surface area contributed by atoms with E-state index in [0.29, 0.717) is 24.2 Å². The molecule has 0 aliphatic rings. The molecule has 6 N–H and O–H groups in total. The lowest BCUT2D eigenvalue weighted by molar-refractivity contribution is -0.159. The topological polar surface area (TPSA) is 164 Å². The zero-order valence-electron chi connectivity index (χ0n) is 19.1. The Morgan fingerprint density at radius 1 is 1.00 bits per heavy atom. The van der Waals surface area contributed by atoms with Crippen LogP contribution in [0.1, 0.15) is 39.2 Å². The van der Waals surface area contributed by atoms with Gasteiger partial charge in [-0.15, -0.1) is 0 Å². The molecule has 0 saturated heterocycles. The quantitative estimate of drug-likeness (QED) is 0.376. The number of benzene rings is 1. The van der Waals surface area contributed by atoms with Crippen molar-refractivity contribution >= 4 is 35.5 Å². The Morgan fingerprint density at radius 2 is 1.50 bits per heavy atom. The van der Waals surface area contributed by atoms with Crippen LogP contribution in [-0.2, 0) is 25.6 Å². The molecule has 0 aliphatic heterocycles. The predicted molar refractivity (Wildman–Crippen MR) is 125 cm³/mol. The summed E-state index contributed by atoms with van der Waals surface area (Å²) in [6.45, 7) is 4.89. The maximum absolute atomic E-state index is 13.0. The number of hydrogen-bond acceptors (Lipinski definition) is 7. The molecule has 3 atom stereocenters. The molecular weight excluding hydrogens is 434 g/mol. The Hall–Kier alpha value is -2.43.